The number of hydrogen-bond acceptors (Lipinski definition) is 7. The molecule has 0 aliphatic heterocycles. The molecule has 0 spiro atoms. The lowest BCUT2D eigenvalue weighted by molar-refractivity contribution is -0.255. The molecule has 10 heteroatoms. The molecular weight excluding hydrogens is 656 g/mol. The summed E-state index contributed by atoms with van der Waals surface area (Å²) in [7, 11) is 0. The van der Waals surface area contributed by atoms with Crippen molar-refractivity contribution in [1.29, 1.82) is 0 Å². The second-order valence-electron chi connectivity index (χ2n) is 14.8. The minimum atomic E-state index is -1.57. The third-order valence-electron chi connectivity index (χ3n) is 9.13. The van der Waals surface area contributed by atoms with E-state index in [9.17, 15) is 24.3 Å². The van der Waals surface area contributed by atoms with Gasteiger partial charge in [0.2, 0.25) is 12.0 Å². The van der Waals surface area contributed by atoms with Crippen molar-refractivity contribution in [1.82, 2.24) is 0 Å². The van der Waals surface area contributed by atoms with Crippen molar-refractivity contribution in [2.45, 2.75) is 105 Å². The maximum atomic E-state index is 13.4. The Morgan fingerprint density at radius 2 is 1.46 bits per heavy atom. The Kier molecular flexibility index (Phi) is 13.3. The van der Waals surface area contributed by atoms with Crippen molar-refractivity contribution < 1.29 is 33.8 Å². The summed E-state index contributed by atoms with van der Waals surface area (Å²) in [5.41, 5.74) is 1.95. The minimum absolute atomic E-state index is 0.0504. The Hall–Kier alpha value is -4.37. The molecule has 0 aliphatic carbocycles. The smallest absolute Gasteiger partial charge is 0.273 e. The summed E-state index contributed by atoms with van der Waals surface area (Å²) in [5.74, 6) is -1.96. The Balaban J connectivity index is 1.67. The first-order chi connectivity index (χ1) is 23.3. The predicted octanol–water partition coefficient (Wildman–Crippen LogP) is 7.88. The minimum Gasteiger partial charge on any atom is -0.545 e. The van der Waals surface area contributed by atoms with Gasteiger partial charge in [0, 0.05) is 23.1 Å². The Morgan fingerprint density at radius 3 is 2.04 bits per heavy atom. The van der Waals surface area contributed by atoms with Crippen molar-refractivity contribution in [3.8, 4) is 11.5 Å². The Bertz CT molecular complexity index is 1690. The van der Waals surface area contributed by atoms with Gasteiger partial charge >= 0.3 is 0 Å². The quantitative estimate of drug-likeness (QED) is 0.114. The molecule has 3 aromatic rings. The van der Waals surface area contributed by atoms with Gasteiger partial charge in [0.05, 0.1) is 23.3 Å². The van der Waals surface area contributed by atoms with E-state index < -0.39 is 29.2 Å². The molecule has 0 unspecified atom stereocenters. The monoisotopic (exact) mass is 705 g/mol. The number of amides is 2. The Labute approximate surface area is 301 Å². The fraction of sp³-hybridized carbons (Fsp3) is 0.450. The molecule has 2 N–H and O–H groups in total. The largest absolute Gasteiger partial charge is 0.545 e. The van der Waals surface area contributed by atoms with E-state index in [1.165, 1.54) is 42.0 Å². The molecule has 0 aliphatic rings. The molecule has 0 fully saturated rings. The van der Waals surface area contributed by atoms with Crippen molar-refractivity contribution in [2.75, 3.05) is 17.2 Å². The topological polar surface area (TPSA) is 134 Å². The molecule has 0 heterocycles. The molecule has 0 saturated carbocycles. The van der Waals surface area contributed by atoms with Crippen LogP contribution in [-0.4, -0.2) is 36.3 Å². The molecule has 0 aromatic heterocycles. The van der Waals surface area contributed by atoms with Gasteiger partial charge in [-0.1, -0.05) is 86.0 Å². The van der Waals surface area contributed by atoms with Crippen LogP contribution in [0.2, 0.25) is 5.02 Å². The highest BCUT2D eigenvalue weighted by atomic mass is 35.5. The summed E-state index contributed by atoms with van der Waals surface area (Å²) in [6.07, 6.45) is 1.08. The molecule has 0 bridgehead atoms. The van der Waals surface area contributed by atoms with E-state index in [1.54, 1.807) is 26.8 Å². The van der Waals surface area contributed by atoms with Gasteiger partial charge in [-0.15, -0.1) is 0 Å². The van der Waals surface area contributed by atoms with Crippen molar-refractivity contribution in [2.24, 2.45) is 5.41 Å². The zero-order valence-electron chi connectivity index (χ0n) is 30.6. The number of halogens is 1. The third kappa shape index (κ3) is 10.6. The van der Waals surface area contributed by atoms with Crippen molar-refractivity contribution in [3.63, 3.8) is 0 Å². The normalized spacial score (nSPS) is 12.5. The van der Waals surface area contributed by atoms with E-state index in [2.05, 4.69) is 64.3 Å². The molecule has 50 heavy (non-hydrogen) atoms. The highest BCUT2D eigenvalue weighted by Gasteiger charge is 2.37. The number of carbonyl (C=O) groups is 4. The first kappa shape index (κ1) is 40.1. The SMILES string of the molecule is CCC(C)(C)c1ccc(OCCCC(=O)Nc2ccc(Cl)c(NC(=O)[C@H](Oc3ccc(C(=O)[O-])cc3)C(=O)C(C)(C)C)c2)c(C(C)(C)CC)c1. The van der Waals surface area contributed by atoms with Crippen LogP contribution in [0.4, 0.5) is 11.4 Å². The zero-order chi connectivity index (χ0) is 37.4. The van der Waals surface area contributed by atoms with Crippen LogP contribution in [0, 0.1) is 5.41 Å². The number of aromatic carboxylic acids is 1. The summed E-state index contributed by atoms with van der Waals surface area (Å²) in [6.45, 7) is 18.6. The highest BCUT2D eigenvalue weighted by Crippen LogP contribution is 2.38. The molecule has 2 amide bonds. The summed E-state index contributed by atoms with van der Waals surface area (Å²) >= 11 is 6.39. The van der Waals surface area contributed by atoms with Crippen LogP contribution in [0.25, 0.3) is 0 Å². The number of anilines is 2. The van der Waals surface area contributed by atoms with E-state index in [1.807, 2.05) is 6.07 Å². The van der Waals surface area contributed by atoms with Gasteiger partial charge in [0.25, 0.3) is 5.91 Å². The van der Waals surface area contributed by atoms with Crippen LogP contribution < -0.4 is 25.2 Å². The average Bonchev–Trinajstić information content (AvgIpc) is 3.06. The standard InChI is InChI=1S/C40H51ClN2O7/c1-10-39(6,7)26-16-21-32(29(23-26)40(8,9)11-2)49-22-12-13-33(44)42-27-17-20-30(41)31(24-27)43-36(46)34(35(45)38(3,4)5)50-28-18-14-25(15-19-28)37(47)48/h14-21,23-24,34H,10-13,22H2,1-9H3,(H,42,44)(H,43,46)(H,47,48)/p-1/t34-/m1/s1. The lowest BCUT2D eigenvalue weighted by atomic mass is 9.76. The molecule has 3 aromatic carbocycles. The first-order valence-electron chi connectivity index (χ1n) is 17.0. The van der Waals surface area contributed by atoms with E-state index in [-0.39, 0.29) is 45.2 Å². The molecular formula is C40H50ClN2O7-. The summed E-state index contributed by atoms with van der Waals surface area (Å²) in [4.78, 5) is 50.7. The second-order valence-corrected chi connectivity index (χ2v) is 15.2. The molecule has 0 saturated heterocycles. The molecule has 3 rings (SSSR count). The number of benzene rings is 3. The number of nitrogens with one attached hydrogen (secondary N) is 2. The fourth-order valence-corrected chi connectivity index (χ4v) is 5.13. The lowest BCUT2D eigenvalue weighted by Gasteiger charge is -2.30. The van der Waals surface area contributed by atoms with Crippen molar-refractivity contribution >= 4 is 46.5 Å². The number of rotatable bonds is 16. The van der Waals surface area contributed by atoms with Crippen LogP contribution in [0.3, 0.4) is 0 Å². The number of ether oxygens (including phenoxy) is 2. The van der Waals surface area contributed by atoms with E-state index >= 15 is 0 Å². The number of carboxylic acid groups (broad SMARTS) is 1. The van der Waals surface area contributed by atoms with E-state index in [0.29, 0.717) is 18.7 Å². The van der Waals surface area contributed by atoms with Gasteiger partial charge in [-0.2, -0.15) is 0 Å². The first-order valence-corrected chi connectivity index (χ1v) is 17.4. The van der Waals surface area contributed by atoms with Crippen LogP contribution in [0.1, 0.15) is 109 Å². The second kappa shape index (κ2) is 16.6. The zero-order valence-corrected chi connectivity index (χ0v) is 31.4. The van der Waals surface area contributed by atoms with Crippen LogP contribution in [-0.2, 0) is 25.2 Å². The summed E-state index contributed by atoms with van der Waals surface area (Å²) in [5, 5.41) is 16.8. The van der Waals surface area contributed by atoms with Crippen LogP contribution >= 0.6 is 11.6 Å². The maximum absolute atomic E-state index is 13.4. The number of carbonyl (C=O) groups excluding carboxylic acids is 4. The molecule has 1 atom stereocenters. The van der Waals surface area contributed by atoms with Gasteiger partial charge in [-0.05, 0) is 89.8 Å². The summed E-state index contributed by atoms with van der Waals surface area (Å²) in [6, 6.07) is 16.2. The molecule has 0 radical (unpaired) electrons. The van der Waals surface area contributed by atoms with Crippen LogP contribution in [0.5, 0.6) is 11.5 Å². The van der Waals surface area contributed by atoms with Gasteiger partial charge < -0.3 is 30.0 Å². The van der Waals surface area contributed by atoms with E-state index in [4.69, 9.17) is 21.1 Å². The molecule has 9 nitrogen and oxygen atoms in total. The number of Topliss-reactive ketones (excluding diaryl/α,β-unsaturated/α-hetero) is 1. The third-order valence-corrected chi connectivity index (χ3v) is 9.46. The van der Waals surface area contributed by atoms with Gasteiger partial charge in [0.15, 0.2) is 5.78 Å². The van der Waals surface area contributed by atoms with Gasteiger partial charge in [-0.3, -0.25) is 14.4 Å². The van der Waals surface area contributed by atoms with Crippen molar-refractivity contribution in [3.05, 3.63) is 82.4 Å². The maximum Gasteiger partial charge on any atom is 0.273 e. The average molecular weight is 706 g/mol. The van der Waals surface area contributed by atoms with Gasteiger partial charge in [-0.25, -0.2) is 0 Å². The number of ketones is 1. The van der Waals surface area contributed by atoms with Crippen LogP contribution in [0.15, 0.2) is 60.7 Å². The number of hydrogen-bond donors (Lipinski definition) is 2. The number of carboxylic acids is 1. The Morgan fingerprint density at radius 1 is 0.820 bits per heavy atom. The highest BCUT2D eigenvalue weighted by molar-refractivity contribution is 6.34. The van der Waals surface area contributed by atoms with Gasteiger partial charge in [0.1, 0.15) is 11.5 Å². The predicted molar refractivity (Wildman–Crippen MR) is 196 cm³/mol. The molecule has 270 valence electrons. The van der Waals surface area contributed by atoms with E-state index in [0.717, 1.165) is 24.2 Å². The summed E-state index contributed by atoms with van der Waals surface area (Å²) < 4.78 is 12.0. The fourth-order valence-electron chi connectivity index (χ4n) is 4.96. The lowest BCUT2D eigenvalue weighted by Crippen LogP contribution is -2.45.